The van der Waals surface area contributed by atoms with Crippen molar-refractivity contribution < 1.29 is 78.7 Å². The predicted octanol–water partition coefficient (Wildman–Crippen LogP) is 3.39. The maximum Gasteiger partial charge on any atom is 0.498 e. The van der Waals surface area contributed by atoms with Crippen molar-refractivity contribution in [2.24, 2.45) is 35.1 Å². The van der Waals surface area contributed by atoms with E-state index in [0.29, 0.717) is 49.5 Å². The number of aliphatic hydroxyl groups excluding tert-OH is 1. The van der Waals surface area contributed by atoms with Crippen LogP contribution < -0.4 is 60.5 Å². The van der Waals surface area contributed by atoms with Gasteiger partial charge in [-0.25, -0.2) is 47.7 Å². The van der Waals surface area contributed by atoms with E-state index in [1.54, 1.807) is 61.7 Å². The lowest BCUT2D eigenvalue weighted by Gasteiger charge is -2.35. The van der Waals surface area contributed by atoms with E-state index in [-0.39, 0.29) is 73.9 Å². The number of hydrogen-bond acceptors (Lipinski definition) is 26. The van der Waals surface area contributed by atoms with Crippen LogP contribution in [0.3, 0.4) is 0 Å². The van der Waals surface area contributed by atoms with Crippen LogP contribution in [0, 0.1) is 35.3 Å². The van der Waals surface area contributed by atoms with E-state index in [2.05, 4.69) is 130 Å². The van der Waals surface area contributed by atoms with Gasteiger partial charge in [-0.05, 0) is 105 Å². The second kappa shape index (κ2) is 35.9. The van der Waals surface area contributed by atoms with Gasteiger partial charge in [-0.2, -0.15) is 28.8 Å². The van der Waals surface area contributed by atoms with Crippen molar-refractivity contribution in [3.8, 4) is 11.1 Å². The third kappa shape index (κ3) is 20.1. The molecule has 0 amide bonds. The van der Waals surface area contributed by atoms with Gasteiger partial charge in [-0.1, -0.05) is 31.7 Å². The van der Waals surface area contributed by atoms with Gasteiger partial charge in [-0.15, -0.1) is 0 Å². The Bertz CT molecular complexity index is 4710. The number of ether oxygens (including phenoxy) is 4. The van der Waals surface area contributed by atoms with Gasteiger partial charge in [0.25, 0.3) is 10.1 Å². The Balaban J connectivity index is 0.000000153. The van der Waals surface area contributed by atoms with Gasteiger partial charge in [0.1, 0.15) is 35.3 Å². The zero-order valence-corrected chi connectivity index (χ0v) is 66.5. The zero-order valence-electron chi connectivity index (χ0n) is 62.0. The maximum atomic E-state index is 13.4. The number of rotatable bonds is 18. The summed E-state index contributed by atoms with van der Waals surface area (Å²) in [5.41, 5.74) is 19.0. The first kappa shape index (κ1) is 83.1. The largest absolute Gasteiger partial charge is 1.00 e. The van der Waals surface area contributed by atoms with Crippen LogP contribution in [0.4, 0.5) is 32.3 Å². The molecule has 5 N–H and O–H groups in total. The summed E-state index contributed by atoms with van der Waals surface area (Å²) in [6.45, 7) is 26.5. The Morgan fingerprint density at radius 2 is 0.955 bits per heavy atom. The number of hydrogen-bond donors (Lipinski definition) is 3. The molecule has 0 radical (unpaired) electrons. The summed E-state index contributed by atoms with van der Waals surface area (Å²) in [7, 11) is -3.57. The minimum absolute atomic E-state index is 0. The van der Waals surface area contributed by atoms with E-state index >= 15 is 0 Å². The molecule has 110 heavy (non-hydrogen) atoms. The molecule has 15 heterocycles. The predicted molar refractivity (Wildman–Crippen MR) is 412 cm³/mol. The van der Waals surface area contributed by atoms with Gasteiger partial charge in [0.2, 0.25) is 11.9 Å². The van der Waals surface area contributed by atoms with Crippen LogP contribution in [0.2, 0.25) is 0 Å². The van der Waals surface area contributed by atoms with Crippen LogP contribution >= 0.6 is 15.9 Å². The smallest absolute Gasteiger partial charge is 0.498 e. The molecule has 2 aromatic carbocycles. The van der Waals surface area contributed by atoms with E-state index in [4.69, 9.17) is 44.8 Å². The lowest BCUT2D eigenvalue weighted by molar-refractivity contribution is -0.0554. The monoisotopic (exact) mass is 1710 g/mol. The Kier molecular flexibility index (Phi) is 27.1. The number of benzene rings is 2. The Hall–Kier alpha value is -7.86. The van der Waals surface area contributed by atoms with Gasteiger partial charge in [-0.3, -0.25) is 13.5 Å². The van der Waals surface area contributed by atoms with Crippen LogP contribution in [-0.2, 0) is 66.7 Å². The highest BCUT2D eigenvalue weighted by Gasteiger charge is 2.52. The average Bonchev–Trinajstić information content (AvgIpc) is 1.61. The molecule has 36 heteroatoms. The quantitative estimate of drug-likeness (QED) is 0.0629. The average molecular weight is 1710 g/mol. The first-order valence-electron chi connectivity index (χ1n) is 36.0. The van der Waals surface area contributed by atoms with Gasteiger partial charge in [0.15, 0.2) is 11.6 Å². The number of anilines is 4. The lowest BCUT2D eigenvalue weighted by Crippen LogP contribution is -3.00. The molecule has 0 bridgehead atoms. The normalized spacial score (nSPS) is 18.9. The van der Waals surface area contributed by atoms with Crippen LogP contribution in [0.25, 0.3) is 22.2 Å². The van der Waals surface area contributed by atoms with Crippen molar-refractivity contribution in [3.05, 3.63) is 174 Å². The maximum absolute atomic E-state index is 13.4. The standard InChI is InChI=1S/C29H31FN10O.C22H22BrFN8.C13H21BN2O3.C5H10O4S.C4H8O2.CH4.HI/c1-29(31,23-2-4-25(30)5-3-23)24-12-32-28(33-13-24)38-8-6-37(7-9-38)27-26-10-21(16-40(26)36-19-34-27)22-11-35-39(15-22)14-20-17-41-18-20;1-22(25,15-2-4-18(24)5-3-15)16-11-26-21(27-12-16)31-8-6-30(7-9-31)20-19-10-17(23)13-32(19)29-14-28-20;1-12(2)13(3,4)19-14(18-12)11-5-15-16(7-11)6-10-8-17-9-10;1-10(6,7)9-4-5-2-8-3-5;5-1-4-2-6-3-4;;/h2-5,10-13,15-16,19-20H,6-9,14,17-18,31H2,1H3;2-5,10-14H,6-9,25H2,1H3;5,7,10H,6,8-9H2,1-4H3;5H,2-4H2,1H3;4-5H,1-3H2;1H4;1H/p-1/t29-;22-;;;;;/m00...../s1. The lowest BCUT2D eigenvalue weighted by atomic mass is 9.82. The number of nitrogens with two attached hydrogens (primary N) is 2. The van der Waals surface area contributed by atoms with Crippen LogP contribution in [-0.4, -0.2) is 225 Å². The topological polar surface area (TPSA) is 332 Å². The fourth-order valence-corrected chi connectivity index (χ4v) is 13.5. The molecule has 0 spiro atoms. The molecule has 30 nitrogen and oxygen atoms in total. The summed E-state index contributed by atoms with van der Waals surface area (Å²) in [5, 5.41) is 25.9. The van der Waals surface area contributed by atoms with Gasteiger partial charge >= 0.3 is 7.12 Å². The van der Waals surface area contributed by atoms with Gasteiger partial charge in [0.05, 0.1) is 101 Å². The molecular weight excluding hydrogens is 1620 g/mol. The van der Waals surface area contributed by atoms with Crippen molar-refractivity contribution in [2.75, 3.05) is 144 Å². The molecule has 7 aliphatic heterocycles. The highest BCUT2D eigenvalue weighted by atomic mass is 127. The number of nitrogens with zero attached hydrogens (tertiary/aromatic N) is 18. The summed E-state index contributed by atoms with van der Waals surface area (Å²) >= 11 is 3.50. The van der Waals surface area contributed by atoms with Gasteiger partial charge in [0, 0.05) is 177 Å². The Morgan fingerprint density at radius 3 is 1.36 bits per heavy atom. The van der Waals surface area contributed by atoms with Crippen molar-refractivity contribution in [3.63, 3.8) is 0 Å². The van der Waals surface area contributed by atoms with E-state index in [1.807, 2.05) is 69.3 Å². The molecule has 17 rings (SSSR count). The third-order valence-corrected chi connectivity index (χ3v) is 21.5. The highest BCUT2D eigenvalue weighted by Crippen LogP contribution is 2.37. The molecule has 7 saturated heterocycles. The highest BCUT2D eigenvalue weighted by molar-refractivity contribution is 9.10. The molecule has 590 valence electrons. The molecule has 0 unspecified atom stereocenters. The van der Waals surface area contributed by atoms with Crippen LogP contribution in [0.1, 0.15) is 71.2 Å². The molecule has 7 aliphatic rings. The molecule has 7 fully saturated rings. The fourth-order valence-electron chi connectivity index (χ4n) is 12.6. The first-order chi connectivity index (χ1) is 51.7. The SMILES string of the molecule is C.CC1(C)OB(c2cnn(CC3COC3)c2)OC1(C)C.CS(=O)(=O)OCC1COC1.C[C@](N)(c1ccc(F)cc1)c1cnc(N2CCN(c3ncnn4cc(-c5cnn(CC6COC6)c5)cc34)CC2)nc1.C[C@](N)(c1ccc(F)cc1)c1cnc(N2CCN(c3ncnn4cc(Br)cc34)CC2)nc1.OCC1COC1.[I-]. The van der Waals surface area contributed by atoms with Crippen molar-refractivity contribution >= 4 is 73.2 Å². The van der Waals surface area contributed by atoms with Crippen molar-refractivity contribution in [1.82, 2.24) is 68.7 Å². The summed E-state index contributed by atoms with van der Waals surface area (Å²) in [6, 6.07) is 16.6. The van der Waals surface area contributed by atoms with E-state index in [0.717, 1.165) is 177 Å². The molecular formula is C74H96BBrF2IN20O10S-. The minimum atomic E-state index is -3.25. The van der Waals surface area contributed by atoms with E-state index < -0.39 is 21.2 Å². The van der Waals surface area contributed by atoms with Crippen LogP contribution in [0.5, 0.6) is 0 Å². The number of aromatic nitrogens is 14. The first-order valence-corrected chi connectivity index (χ1v) is 38.6. The second-order valence-corrected chi connectivity index (χ2v) is 32.0. The van der Waals surface area contributed by atoms with E-state index in [9.17, 15) is 17.2 Å². The zero-order chi connectivity index (χ0) is 76.0. The van der Waals surface area contributed by atoms with Crippen molar-refractivity contribution in [2.45, 2.75) is 84.3 Å². The Labute approximate surface area is 664 Å². The molecule has 10 aromatic rings. The number of aliphatic hydroxyl groups is 1. The summed E-state index contributed by atoms with van der Waals surface area (Å²) in [4.78, 5) is 36.4. The minimum Gasteiger partial charge on any atom is -1.00 e. The third-order valence-electron chi connectivity index (χ3n) is 20.5. The summed E-state index contributed by atoms with van der Waals surface area (Å²) < 4.78 is 92.7. The summed E-state index contributed by atoms with van der Waals surface area (Å²) in [5.74, 6) is 4.41. The number of halogens is 4. The van der Waals surface area contributed by atoms with Crippen molar-refractivity contribution in [1.29, 1.82) is 0 Å². The summed E-state index contributed by atoms with van der Waals surface area (Å²) in [6.07, 6.45) is 23.0. The Morgan fingerprint density at radius 1 is 0.545 bits per heavy atom. The second-order valence-electron chi connectivity index (χ2n) is 29.4. The molecule has 8 aromatic heterocycles. The fraction of sp³-hybridized carbons (Fsp3) is 0.486. The molecule has 2 atom stereocenters. The van der Waals surface area contributed by atoms with Crippen LogP contribution in [0.15, 0.2) is 140 Å². The molecule has 0 saturated carbocycles. The van der Waals surface area contributed by atoms with Gasteiger partial charge < -0.3 is 88.4 Å². The van der Waals surface area contributed by atoms with E-state index in [1.165, 1.54) is 24.3 Å². The number of piperazine rings is 2. The molecule has 0 aliphatic carbocycles. The number of fused-ring (bicyclic) bond motifs is 2.